The summed E-state index contributed by atoms with van der Waals surface area (Å²) in [6.45, 7) is 0.252. The van der Waals surface area contributed by atoms with E-state index in [1.165, 1.54) is 15.6 Å². The minimum atomic E-state index is -0.310. The van der Waals surface area contributed by atoms with Crippen molar-refractivity contribution in [1.29, 1.82) is 0 Å². The molecule has 1 aliphatic carbocycles. The smallest absolute Gasteiger partial charge is 0.369 e. The number of tetrazole rings is 1. The highest BCUT2D eigenvalue weighted by Crippen LogP contribution is 2.43. The van der Waals surface area contributed by atoms with Gasteiger partial charge in [0.2, 0.25) is 5.88 Å². The van der Waals surface area contributed by atoms with E-state index in [9.17, 15) is 4.79 Å². The Hall–Kier alpha value is -2.84. The first-order valence-electron chi connectivity index (χ1n) is 7.84. The molecule has 0 unspecified atom stereocenters. The quantitative estimate of drug-likeness (QED) is 0.738. The number of aromatic nitrogens is 7. The topological polar surface area (TPSA) is 95.5 Å². The standard InChI is InChI=1S/C14H17N7O2/c1-19-7-10(9-3-4-9)11(8-23-12-5-6-15-16-12)13(19)21-14(22)20(2)17-18-21/h5-7,9H,3-4,8H2,1-2H3,(H,15,16)/i/hT. The summed E-state index contributed by atoms with van der Waals surface area (Å²) >= 11 is 0. The van der Waals surface area contributed by atoms with E-state index in [1.54, 1.807) is 13.1 Å². The maximum absolute atomic E-state index is 12.3. The van der Waals surface area contributed by atoms with Crippen LogP contribution in [0.4, 0.5) is 0 Å². The molecule has 9 nitrogen and oxygen atoms in total. The first kappa shape index (κ1) is 12.7. The minimum absolute atomic E-state index is 0.252. The Morgan fingerprint density at radius 3 is 2.87 bits per heavy atom. The van der Waals surface area contributed by atoms with Gasteiger partial charge >= 0.3 is 5.69 Å². The number of aryl methyl sites for hydroxylation is 2. The number of rotatable bonds is 5. The fourth-order valence-corrected chi connectivity index (χ4v) is 2.75. The molecule has 0 amide bonds. The molecule has 120 valence electrons. The second kappa shape index (κ2) is 5.11. The van der Waals surface area contributed by atoms with Crippen LogP contribution in [0.2, 0.25) is 1.41 Å². The van der Waals surface area contributed by atoms with Gasteiger partial charge in [-0.2, -0.15) is 4.68 Å². The third kappa shape index (κ3) is 2.33. The Labute approximate surface area is 132 Å². The van der Waals surface area contributed by atoms with E-state index in [0.717, 1.165) is 29.1 Å². The molecule has 3 aromatic heterocycles. The molecule has 0 atom stereocenters. The fourth-order valence-electron chi connectivity index (χ4n) is 2.75. The van der Waals surface area contributed by atoms with Crippen LogP contribution in [0.5, 0.6) is 5.88 Å². The largest absolute Gasteiger partial charge is 0.472 e. The lowest BCUT2D eigenvalue weighted by Gasteiger charge is -2.08. The van der Waals surface area contributed by atoms with Gasteiger partial charge in [-0.15, -0.1) is 9.78 Å². The van der Waals surface area contributed by atoms with Gasteiger partial charge in [0, 0.05) is 38.1 Å². The summed E-state index contributed by atoms with van der Waals surface area (Å²) in [5, 5.41) is 12.6. The number of hydrogen-bond donors (Lipinski definition) is 1. The lowest BCUT2D eigenvalue weighted by molar-refractivity contribution is 0.291. The van der Waals surface area contributed by atoms with Crippen molar-refractivity contribution in [2.75, 3.05) is 0 Å². The molecule has 3 aromatic rings. The number of nitrogens with zero attached hydrogens (tertiary/aromatic N) is 6. The first-order valence-corrected chi connectivity index (χ1v) is 7.40. The monoisotopic (exact) mass is 317 g/mol. The predicted octanol–water partition coefficient (Wildman–Crippen LogP) is 0.484. The van der Waals surface area contributed by atoms with Crippen LogP contribution in [-0.4, -0.2) is 34.5 Å². The number of H-pyrrole nitrogens is 1. The highest BCUT2D eigenvalue weighted by molar-refractivity contribution is 5.45. The van der Waals surface area contributed by atoms with Crippen LogP contribution >= 0.6 is 0 Å². The Morgan fingerprint density at radius 1 is 1.43 bits per heavy atom. The molecule has 3 heterocycles. The summed E-state index contributed by atoms with van der Waals surface area (Å²) in [5.74, 6) is 1.51. The van der Waals surface area contributed by atoms with Gasteiger partial charge in [-0.25, -0.2) is 4.79 Å². The summed E-state index contributed by atoms with van der Waals surface area (Å²) in [6, 6.07) is 1.63. The van der Waals surface area contributed by atoms with E-state index in [2.05, 4.69) is 15.5 Å². The molecule has 0 radical (unpaired) electrons. The normalized spacial score (nSPS) is 15.0. The van der Waals surface area contributed by atoms with Gasteiger partial charge in [0.1, 0.15) is 12.4 Å². The highest BCUT2D eigenvalue weighted by atomic mass is 16.5. The average Bonchev–Trinajstić information content (AvgIpc) is 3.14. The number of aromatic amines is 1. The molecular weight excluding hydrogens is 298 g/mol. The molecule has 4 rings (SSSR count). The van der Waals surface area contributed by atoms with Gasteiger partial charge in [0.05, 0.1) is 0 Å². The molecule has 0 aromatic carbocycles. The summed E-state index contributed by atoms with van der Waals surface area (Å²) in [7, 11) is 3.44. The molecule has 0 aliphatic heterocycles. The number of hydrogen-bond acceptors (Lipinski definition) is 5. The zero-order valence-electron chi connectivity index (χ0n) is 13.9. The third-order valence-electron chi connectivity index (χ3n) is 4.03. The van der Waals surface area contributed by atoms with E-state index >= 15 is 0 Å². The van der Waals surface area contributed by atoms with Crippen LogP contribution in [0.1, 0.15) is 29.9 Å². The number of ether oxygens (including phenoxy) is 1. The van der Waals surface area contributed by atoms with Gasteiger partial charge in [0.25, 0.3) is 0 Å². The molecule has 1 N–H and O–H groups in total. The molecule has 0 bridgehead atoms. The Balaban J connectivity index is 1.75. The molecule has 1 saturated carbocycles. The van der Waals surface area contributed by atoms with Crippen LogP contribution in [0.3, 0.4) is 0 Å². The van der Waals surface area contributed by atoms with Gasteiger partial charge < -0.3 is 9.30 Å². The van der Waals surface area contributed by atoms with Crippen molar-refractivity contribution in [2.24, 2.45) is 14.1 Å². The molecule has 1 fully saturated rings. The molecule has 1 aliphatic rings. The van der Waals surface area contributed by atoms with Crippen molar-refractivity contribution >= 4 is 0 Å². The van der Waals surface area contributed by atoms with E-state index in [-0.39, 0.29) is 12.3 Å². The van der Waals surface area contributed by atoms with Crippen LogP contribution in [0.25, 0.3) is 5.82 Å². The molecule has 23 heavy (non-hydrogen) atoms. The van der Waals surface area contributed by atoms with Crippen LogP contribution < -0.4 is 10.4 Å². The molecule has 0 spiro atoms. The van der Waals surface area contributed by atoms with Crippen molar-refractivity contribution in [2.45, 2.75) is 25.4 Å². The third-order valence-corrected chi connectivity index (χ3v) is 4.03. The minimum Gasteiger partial charge on any atom is -0.472 e. The first-order chi connectivity index (χ1) is 11.5. The van der Waals surface area contributed by atoms with E-state index < -0.39 is 0 Å². The summed E-state index contributed by atoms with van der Waals surface area (Å²) < 4.78 is 17.5. The Bertz CT molecular complexity index is 947. The average molecular weight is 317 g/mol. The maximum Gasteiger partial charge on any atom is 0.369 e. The van der Waals surface area contributed by atoms with Gasteiger partial charge in [-0.1, -0.05) is 0 Å². The van der Waals surface area contributed by atoms with Gasteiger partial charge in [0.15, 0.2) is 1.41 Å². The van der Waals surface area contributed by atoms with Gasteiger partial charge in [-0.3, -0.25) is 5.09 Å². The summed E-state index contributed by atoms with van der Waals surface area (Å²) in [4.78, 5) is 12.3. The van der Waals surface area contributed by atoms with Crippen LogP contribution in [0, 0.1) is 0 Å². The SMILES string of the molecule is [3H]n1ccc(OCc2c(C3CC3)cn(C)c2-n2nnn(C)c2=O)n1. The molecule has 9 heteroatoms. The zero-order valence-corrected chi connectivity index (χ0v) is 12.9. The predicted molar refractivity (Wildman–Crippen MR) is 80.5 cm³/mol. The lowest BCUT2D eigenvalue weighted by atomic mass is 10.1. The summed E-state index contributed by atoms with van der Waals surface area (Å²) in [6.07, 6.45) is 5.78. The zero-order chi connectivity index (χ0) is 16.8. The van der Waals surface area contributed by atoms with E-state index in [4.69, 9.17) is 6.15 Å². The van der Waals surface area contributed by atoms with Crippen LogP contribution in [-0.2, 0) is 20.7 Å². The Morgan fingerprint density at radius 2 is 2.26 bits per heavy atom. The second-order valence-corrected chi connectivity index (χ2v) is 5.73. The number of nitrogens with one attached hydrogen (secondary N) is 1. The van der Waals surface area contributed by atoms with Crippen molar-refractivity contribution in [3.05, 3.63) is 40.1 Å². The molecule has 0 saturated heterocycles. The van der Waals surface area contributed by atoms with Crippen molar-refractivity contribution in [3.63, 3.8) is 0 Å². The van der Waals surface area contributed by atoms with Gasteiger partial charge in [-0.05, 0) is 34.7 Å². The Kier molecular flexibility index (Phi) is 2.82. The lowest BCUT2D eigenvalue weighted by Crippen LogP contribution is -2.24. The van der Waals surface area contributed by atoms with Crippen molar-refractivity contribution in [1.82, 2.24) is 34.5 Å². The van der Waals surface area contributed by atoms with E-state index in [0.29, 0.717) is 17.6 Å². The fraction of sp³-hybridized carbons (Fsp3) is 0.429. The van der Waals surface area contributed by atoms with Crippen LogP contribution in [0.15, 0.2) is 23.3 Å². The van der Waals surface area contributed by atoms with E-state index in [1.807, 2.05) is 17.8 Å². The van der Waals surface area contributed by atoms with Crippen molar-refractivity contribution in [3.8, 4) is 11.7 Å². The summed E-state index contributed by atoms with van der Waals surface area (Å²) in [5.41, 5.74) is 1.76. The highest BCUT2D eigenvalue weighted by Gasteiger charge is 2.31. The molecular formula is C14H17N7O2. The second-order valence-electron chi connectivity index (χ2n) is 5.73. The maximum atomic E-state index is 12.3. The van der Waals surface area contributed by atoms with Crippen molar-refractivity contribution < 1.29 is 6.15 Å².